The van der Waals surface area contributed by atoms with E-state index in [1.165, 1.54) is 0 Å². The van der Waals surface area contributed by atoms with Gasteiger partial charge in [0.25, 0.3) is 0 Å². The predicted octanol–water partition coefficient (Wildman–Crippen LogP) is 3.45. The zero-order chi connectivity index (χ0) is 15.2. The summed E-state index contributed by atoms with van der Waals surface area (Å²) in [5, 5.41) is 12.3. The van der Waals surface area contributed by atoms with Crippen molar-refractivity contribution in [1.82, 2.24) is 0 Å². The van der Waals surface area contributed by atoms with Gasteiger partial charge in [-0.1, -0.05) is 30.3 Å². The van der Waals surface area contributed by atoms with E-state index in [0.717, 1.165) is 22.4 Å². The maximum Gasteiger partial charge on any atom is 0.335 e. The Labute approximate surface area is 124 Å². The van der Waals surface area contributed by atoms with Crippen LogP contribution in [0, 0.1) is 6.92 Å². The average Bonchev–Trinajstić information content (AvgIpc) is 2.47. The Hall–Kier alpha value is -2.33. The molecule has 0 bridgehead atoms. The van der Waals surface area contributed by atoms with Crippen LogP contribution in [0.15, 0.2) is 42.5 Å². The second kappa shape index (κ2) is 6.90. The number of hydrogen-bond acceptors (Lipinski definition) is 3. The summed E-state index contributed by atoms with van der Waals surface area (Å²) in [5.41, 5.74) is 4.40. The van der Waals surface area contributed by atoms with Crippen LogP contribution < -0.4 is 5.32 Å². The number of aryl methyl sites for hydroxylation is 1. The van der Waals surface area contributed by atoms with Gasteiger partial charge in [0.1, 0.15) is 0 Å². The highest BCUT2D eigenvalue weighted by atomic mass is 16.5. The van der Waals surface area contributed by atoms with Crippen molar-refractivity contribution in [2.24, 2.45) is 0 Å². The molecule has 0 fully saturated rings. The summed E-state index contributed by atoms with van der Waals surface area (Å²) in [6.07, 6.45) is 0. The van der Waals surface area contributed by atoms with E-state index in [4.69, 9.17) is 9.84 Å². The van der Waals surface area contributed by atoms with Crippen LogP contribution in [0.2, 0.25) is 0 Å². The summed E-state index contributed by atoms with van der Waals surface area (Å²) < 4.78 is 5.12. The summed E-state index contributed by atoms with van der Waals surface area (Å²) in [4.78, 5) is 11.0. The van der Waals surface area contributed by atoms with E-state index in [1.807, 2.05) is 31.2 Å². The van der Waals surface area contributed by atoms with E-state index < -0.39 is 5.97 Å². The maximum atomic E-state index is 11.0. The van der Waals surface area contributed by atoms with Crippen molar-refractivity contribution in [2.45, 2.75) is 20.1 Å². The summed E-state index contributed by atoms with van der Waals surface area (Å²) in [6.45, 7) is 3.18. The Morgan fingerprint density at radius 3 is 2.67 bits per heavy atom. The van der Waals surface area contributed by atoms with Crippen molar-refractivity contribution in [3.8, 4) is 0 Å². The molecule has 2 aromatic rings. The molecule has 21 heavy (non-hydrogen) atoms. The number of benzene rings is 2. The average molecular weight is 285 g/mol. The largest absolute Gasteiger partial charge is 0.478 e. The van der Waals surface area contributed by atoms with Gasteiger partial charge in [0.05, 0.1) is 12.2 Å². The predicted molar refractivity (Wildman–Crippen MR) is 82.6 cm³/mol. The summed E-state index contributed by atoms with van der Waals surface area (Å²) in [7, 11) is 1.67. The highest BCUT2D eigenvalue weighted by Crippen LogP contribution is 2.18. The minimum Gasteiger partial charge on any atom is -0.478 e. The molecule has 0 aliphatic carbocycles. The van der Waals surface area contributed by atoms with Crippen LogP contribution in [0.5, 0.6) is 0 Å². The minimum absolute atomic E-state index is 0.288. The number of carbonyl (C=O) groups is 1. The van der Waals surface area contributed by atoms with E-state index >= 15 is 0 Å². The molecule has 0 unspecified atom stereocenters. The third-order valence-electron chi connectivity index (χ3n) is 3.27. The summed E-state index contributed by atoms with van der Waals surface area (Å²) >= 11 is 0. The normalized spacial score (nSPS) is 10.4. The Balaban J connectivity index is 2.10. The molecule has 0 saturated heterocycles. The lowest BCUT2D eigenvalue weighted by atomic mass is 10.1. The molecule has 0 heterocycles. The molecule has 4 nitrogen and oxygen atoms in total. The molecule has 0 aliphatic rings. The SMILES string of the molecule is COCc1cccc(CNc2cc(C(=O)O)ccc2C)c1. The van der Waals surface area contributed by atoms with Crippen LogP contribution in [-0.4, -0.2) is 18.2 Å². The molecule has 2 rings (SSSR count). The fraction of sp³-hybridized carbons (Fsp3) is 0.235. The van der Waals surface area contributed by atoms with Gasteiger partial charge in [-0.2, -0.15) is 0 Å². The number of carboxylic acid groups (broad SMARTS) is 1. The van der Waals surface area contributed by atoms with Crippen molar-refractivity contribution in [3.63, 3.8) is 0 Å². The van der Waals surface area contributed by atoms with Gasteiger partial charge in [0.15, 0.2) is 0 Å². The van der Waals surface area contributed by atoms with E-state index in [1.54, 1.807) is 19.2 Å². The molecule has 0 spiro atoms. The van der Waals surface area contributed by atoms with Gasteiger partial charge in [-0.15, -0.1) is 0 Å². The van der Waals surface area contributed by atoms with Gasteiger partial charge in [0, 0.05) is 19.3 Å². The molecule has 0 aromatic heterocycles. The maximum absolute atomic E-state index is 11.0. The smallest absolute Gasteiger partial charge is 0.335 e. The lowest BCUT2D eigenvalue weighted by Gasteiger charge is -2.11. The van der Waals surface area contributed by atoms with E-state index in [2.05, 4.69) is 11.4 Å². The molecule has 110 valence electrons. The molecule has 2 aromatic carbocycles. The monoisotopic (exact) mass is 285 g/mol. The van der Waals surface area contributed by atoms with Gasteiger partial charge < -0.3 is 15.2 Å². The molecule has 0 saturated carbocycles. The topological polar surface area (TPSA) is 58.6 Å². The first kappa shape index (κ1) is 15.1. The quantitative estimate of drug-likeness (QED) is 0.853. The Bertz CT molecular complexity index is 638. The molecule has 2 N–H and O–H groups in total. The number of rotatable bonds is 6. The first-order valence-electron chi connectivity index (χ1n) is 6.74. The first-order chi connectivity index (χ1) is 10.1. The first-order valence-corrected chi connectivity index (χ1v) is 6.74. The number of aromatic carboxylic acids is 1. The van der Waals surface area contributed by atoms with E-state index in [9.17, 15) is 4.79 Å². The third-order valence-corrected chi connectivity index (χ3v) is 3.27. The van der Waals surface area contributed by atoms with Crippen LogP contribution in [0.3, 0.4) is 0 Å². The molecular weight excluding hydrogens is 266 g/mol. The standard InChI is InChI=1S/C17H19NO3/c1-12-6-7-15(17(19)20)9-16(12)18-10-13-4-3-5-14(8-13)11-21-2/h3-9,18H,10-11H2,1-2H3,(H,19,20). The number of anilines is 1. The number of methoxy groups -OCH3 is 1. The second-order valence-corrected chi connectivity index (χ2v) is 4.94. The summed E-state index contributed by atoms with van der Waals surface area (Å²) in [5.74, 6) is -0.917. The van der Waals surface area contributed by atoms with Gasteiger partial charge in [-0.25, -0.2) is 4.79 Å². The molecular formula is C17H19NO3. The fourth-order valence-corrected chi connectivity index (χ4v) is 2.14. The van der Waals surface area contributed by atoms with Gasteiger partial charge >= 0.3 is 5.97 Å². The lowest BCUT2D eigenvalue weighted by Crippen LogP contribution is -2.04. The fourth-order valence-electron chi connectivity index (χ4n) is 2.14. The van der Waals surface area contributed by atoms with Crippen LogP contribution >= 0.6 is 0 Å². The zero-order valence-corrected chi connectivity index (χ0v) is 12.2. The number of nitrogens with one attached hydrogen (secondary N) is 1. The molecule has 0 amide bonds. The Morgan fingerprint density at radius 2 is 1.95 bits per heavy atom. The van der Waals surface area contributed by atoms with Crippen LogP contribution in [0.4, 0.5) is 5.69 Å². The lowest BCUT2D eigenvalue weighted by molar-refractivity contribution is 0.0697. The van der Waals surface area contributed by atoms with Gasteiger partial charge in [0.2, 0.25) is 0 Å². The van der Waals surface area contributed by atoms with Crippen molar-refractivity contribution >= 4 is 11.7 Å². The van der Waals surface area contributed by atoms with Crippen LogP contribution in [0.25, 0.3) is 0 Å². The minimum atomic E-state index is -0.917. The molecule has 0 aliphatic heterocycles. The van der Waals surface area contributed by atoms with Crippen LogP contribution in [0.1, 0.15) is 27.0 Å². The highest BCUT2D eigenvalue weighted by Gasteiger charge is 2.06. The van der Waals surface area contributed by atoms with Gasteiger partial charge in [-0.3, -0.25) is 0 Å². The third kappa shape index (κ3) is 4.07. The Kier molecular flexibility index (Phi) is 4.95. The molecule has 0 atom stereocenters. The van der Waals surface area contributed by atoms with Crippen molar-refractivity contribution < 1.29 is 14.6 Å². The van der Waals surface area contributed by atoms with Crippen molar-refractivity contribution in [2.75, 3.05) is 12.4 Å². The van der Waals surface area contributed by atoms with E-state index in [-0.39, 0.29) is 5.56 Å². The number of hydrogen-bond donors (Lipinski definition) is 2. The van der Waals surface area contributed by atoms with Crippen LogP contribution in [-0.2, 0) is 17.9 Å². The zero-order valence-electron chi connectivity index (χ0n) is 12.2. The summed E-state index contributed by atoms with van der Waals surface area (Å²) in [6, 6.07) is 13.2. The molecule has 4 heteroatoms. The Morgan fingerprint density at radius 1 is 1.19 bits per heavy atom. The van der Waals surface area contributed by atoms with E-state index in [0.29, 0.717) is 13.2 Å². The second-order valence-electron chi connectivity index (χ2n) is 4.94. The number of carboxylic acids is 1. The van der Waals surface area contributed by atoms with Gasteiger partial charge in [-0.05, 0) is 35.7 Å². The van der Waals surface area contributed by atoms with Crippen molar-refractivity contribution in [3.05, 3.63) is 64.7 Å². The molecule has 0 radical (unpaired) electrons. The van der Waals surface area contributed by atoms with Crippen molar-refractivity contribution in [1.29, 1.82) is 0 Å². The highest BCUT2D eigenvalue weighted by molar-refractivity contribution is 5.89. The number of ether oxygens (including phenoxy) is 1.